The third-order valence-corrected chi connectivity index (χ3v) is 3.57. The van der Waals surface area contributed by atoms with Crippen LogP contribution in [0, 0.1) is 0 Å². The number of hydrogen-bond acceptors (Lipinski definition) is 1. The van der Waals surface area contributed by atoms with E-state index in [-0.39, 0.29) is 5.38 Å². The molecule has 0 radical (unpaired) electrons. The lowest BCUT2D eigenvalue weighted by molar-refractivity contribution is 0.334. The minimum absolute atomic E-state index is 0.284. The van der Waals surface area contributed by atoms with Crippen molar-refractivity contribution in [2.75, 3.05) is 6.61 Å². The Morgan fingerprint density at radius 3 is 2.80 bits per heavy atom. The van der Waals surface area contributed by atoms with Crippen LogP contribution in [0.15, 0.2) is 24.3 Å². The van der Waals surface area contributed by atoms with E-state index in [0.717, 1.165) is 18.8 Å². The van der Waals surface area contributed by atoms with Crippen LogP contribution in [-0.2, 0) is 0 Å². The van der Waals surface area contributed by atoms with Gasteiger partial charge in [-0.05, 0) is 31.4 Å². The maximum absolute atomic E-state index is 6.33. The number of rotatable bonds is 3. The van der Waals surface area contributed by atoms with Gasteiger partial charge in [-0.25, -0.2) is 0 Å². The van der Waals surface area contributed by atoms with E-state index in [0.29, 0.717) is 5.92 Å². The molecule has 2 rings (SSSR count). The number of halogens is 1. The predicted molar refractivity (Wildman–Crippen MR) is 63.8 cm³/mol. The van der Waals surface area contributed by atoms with Crippen molar-refractivity contribution < 1.29 is 4.74 Å². The topological polar surface area (TPSA) is 9.23 Å². The molecule has 0 amide bonds. The zero-order valence-electron chi connectivity index (χ0n) is 9.08. The lowest BCUT2D eigenvalue weighted by Gasteiger charge is -2.18. The van der Waals surface area contributed by atoms with Gasteiger partial charge in [0, 0.05) is 11.3 Å². The molecule has 15 heavy (non-hydrogen) atoms. The van der Waals surface area contributed by atoms with Crippen molar-refractivity contribution in [2.45, 2.75) is 37.5 Å². The first-order valence-electron chi connectivity index (χ1n) is 5.68. The SMILES string of the molecule is CCOc1ccccc1C1CCCC1Cl. The van der Waals surface area contributed by atoms with Crippen LogP contribution >= 0.6 is 11.6 Å². The highest BCUT2D eigenvalue weighted by atomic mass is 35.5. The molecule has 0 spiro atoms. The Labute approximate surface area is 96.4 Å². The zero-order valence-corrected chi connectivity index (χ0v) is 9.83. The Morgan fingerprint density at radius 2 is 2.13 bits per heavy atom. The van der Waals surface area contributed by atoms with E-state index in [1.807, 2.05) is 19.1 Å². The van der Waals surface area contributed by atoms with Crippen molar-refractivity contribution in [1.29, 1.82) is 0 Å². The molecule has 0 aromatic heterocycles. The second-order valence-corrected chi connectivity index (χ2v) is 4.58. The average Bonchev–Trinajstić information content (AvgIpc) is 2.66. The summed E-state index contributed by atoms with van der Waals surface area (Å²) in [4.78, 5) is 0. The highest BCUT2D eigenvalue weighted by Gasteiger charge is 2.28. The molecule has 1 aliphatic rings. The maximum atomic E-state index is 6.33. The summed E-state index contributed by atoms with van der Waals surface area (Å²) < 4.78 is 5.64. The normalized spacial score (nSPS) is 25.5. The van der Waals surface area contributed by atoms with E-state index >= 15 is 0 Å². The van der Waals surface area contributed by atoms with Crippen LogP contribution in [0.3, 0.4) is 0 Å². The monoisotopic (exact) mass is 224 g/mol. The largest absolute Gasteiger partial charge is 0.494 e. The molecule has 1 nitrogen and oxygen atoms in total. The van der Waals surface area contributed by atoms with Gasteiger partial charge in [-0.1, -0.05) is 24.6 Å². The Bertz CT molecular complexity index is 324. The summed E-state index contributed by atoms with van der Waals surface area (Å²) in [5.74, 6) is 1.49. The number of hydrogen-bond donors (Lipinski definition) is 0. The molecule has 0 heterocycles. The zero-order chi connectivity index (χ0) is 10.7. The van der Waals surface area contributed by atoms with E-state index in [9.17, 15) is 0 Å². The Kier molecular flexibility index (Phi) is 3.53. The van der Waals surface area contributed by atoms with Crippen LogP contribution in [0.5, 0.6) is 5.75 Å². The molecule has 1 aromatic rings. The van der Waals surface area contributed by atoms with Gasteiger partial charge in [0.2, 0.25) is 0 Å². The number of para-hydroxylation sites is 1. The van der Waals surface area contributed by atoms with Crippen molar-refractivity contribution in [1.82, 2.24) is 0 Å². The van der Waals surface area contributed by atoms with E-state index < -0.39 is 0 Å². The van der Waals surface area contributed by atoms with Crippen molar-refractivity contribution in [3.05, 3.63) is 29.8 Å². The molecule has 1 saturated carbocycles. The molecule has 1 aliphatic carbocycles. The quantitative estimate of drug-likeness (QED) is 0.707. The van der Waals surface area contributed by atoms with Crippen LogP contribution in [0.1, 0.15) is 37.7 Å². The second-order valence-electron chi connectivity index (χ2n) is 4.02. The highest BCUT2D eigenvalue weighted by molar-refractivity contribution is 6.21. The molecule has 0 bridgehead atoms. The van der Waals surface area contributed by atoms with Gasteiger partial charge in [0.1, 0.15) is 5.75 Å². The molecule has 0 N–H and O–H groups in total. The van der Waals surface area contributed by atoms with Gasteiger partial charge in [-0.2, -0.15) is 0 Å². The van der Waals surface area contributed by atoms with Crippen molar-refractivity contribution in [3.8, 4) is 5.75 Å². The molecular formula is C13H17ClO. The smallest absolute Gasteiger partial charge is 0.122 e. The summed E-state index contributed by atoms with van der Waals surface area (Å²) in [6, 6.07) is 8.28. The van der Waals surface area contributed by atoms with Crippen LogP contribution in [0.4, 0.5) is 0 Å². The lowest BCUT2D eigenvalue weighted by atomic mass is 9.96. The van der Waals surface area contributed by atoms with Gasteiger partial charge in [-0.15, -0.1) is 11.6 Å². The fraction of sp³-hybridized carbons (Fsp3) is 0.538. The van der Waals surface area contributed by atoms with Gasteiger partial charge in [0.25, 0.3) is 0 Å². The summed E-state index contributed by atoms with van der Waals surface area (Å²) in [7, 11) is 0. The summed E-state index contributed by atoms with van der Waals surface area (Å²) in [6.45, 7) is 2.74. The fourth-order valence-electron chi connectivity index (χ4n) is 2.34. The van der Waals surface area contributed by atoms with E-state index in [1.54, 1.807) is 0 Å². The van der Waals surface area contributed by atoms with Gasteiger partial charge in [0.15, 0.2) is 0 Å². The van der Waals surface area contributed by atoms with Crippen LogP contribution in [0.2, 0.25) is 0 Å². The van der Waals surface area contributed by atoms with Crippen molar-refractivity contribution in [2.24, 2.45) is 0 Å². The highest BCUT2D eigenvalue weighted by Crippen LogP contribution is 2.41. The Morgan fingerprint density at radius 1 is 1.33 bits per heavy atom. The standard InChI is InChI=1S/C13H17ClO/c1-2-15-13-9-4-3-6-11(13)10-7-5-8-12(10)14/h3-4,6,9-10,12H,2,5,7-8H2,1H3. The maximum Gasteiger partial charge on any atom is 0.122 e. The number of ether oxygens (including phenoxy) is 1. The van der Waals surface area contributed by atoms with Crippen molar-refractivity contribution >= 4 is 11.6 Å². The van der Waals surface area contributed by atoms with E-state index in [4.69, 9.17) is 16.3 Å². The Hall–Kier alpha value is -0.690. The van der Waals surface area contributed by atoms with Crippen LogP contribution < -0.4 is 4.74 Å². The third-order valence-electron chi connectivity index (χ3n) is 3.05. The van der Waals surface area contributed by atoms with E-state index in [2.05, 4.69) is 12.1 Å². The molecule has 2 heteroatoms. The predicted octanol–water partition coefficient (Wildman–Crippen LogP) is 3.96. The van der Waals surface area contributed by atoms with E-state index in [1.165, 1.54) is 18.4 Å². The summed E-state index contributed by atoms with van der Waals surface area (Å²) in [5.41, 5.74) is 1.29. The van der Waals surface area contributed by atoms with Gasteiger partial charge >= 0.3 is 0 Å². The first-order chi connectivity index (χ1) is 7.33. The molecule has 2 unspecified atom stereocenters. The summed E-state index contributed by atoms with van der Waals surface area (Å²) in [6.07, 6.45) is 3.56. The van der Waals surface area contributed by atoms with Crippen molar-refractivity contribution in [3.63, 3.8) is 0 Å². The molecular weight excluding hydrogens is 208 g/mol. The molecule has 82 valence electrons. The number of benzene rings is 1. The van der Waals surface area contributed by atoms with Gasteiger partial charge < -0.3 is 4.74 Å². The van der Waals surface area contributed by atoms with Crippen LogP contribution in [-0.4, -0.2) is 12.0 Å². The first-order valence-corrected chi connectivity index (χ1v) is 6.12. The molecule has 0 saturated heterocycles. The van der Waals surface area contributed by atoms with Crippen LogP contribution in [0.25, 0.3) is 0 Å². The average molecular weight is 225 g/mol. The fourth-order valence-corrected chi connectivity index (χ4v) is 2.75. The molecule has 2 atom stereocenters. The second kappa shape index (κ2) is 4.89. The Balaban J connectivity index is 2.25. The molecule has 0 aliphatic heterocycles. The minimum atomic E-state index is 0.284. The first kappa shape index (κ1) is 10.8. The summed E-state index contributed by atoms with van der Waals surface area (Å²) >= 11 is 6.33. The number of alkyl halides is 1. The minimum Gasteiger partial charge on any atom is -0.494 e. The molecule has 1 aromatic carbocycles. The van der Waals surface area contributed by atoms with Gasteiger partial charge in [0.05, 0.1) is 6.61 Å². The summed E-state index contributed by atoms with van der Waals surface area (Å²) in [5, 5.41) is 0.284. The van der Waals surface area contributed by atoms with Gasteiger partial charge in [-0.3, -0.25) is 0 Å². The lowest BCUT2D eigenvalue weighted by Crippen LogP contribution is -2.07. The third kappa shape index (κ3) is 2.28. The molecule has 1 fully saturated rings.